The lowest BCUT2D eigenvalue weighted by atomic mass is 10.0. The molecule has 0 N–H and O–H groups in total. The quantitative estimate of drug-likeness (QED) is 0.851. The zero-order valence-corrected chi connectivity index (χ0v) is 14.8. The van der Waals surface area contributed by atoms with Crippen molar-refractivity contribution < 1.29 is 9.21 Å². The van der Waals surface area contributed by atoms with Gasteiger partial charge in [-0.3, -0.25) is 9.69 Å². The average Bonchev–Trinajstić information content (AvgIpc) is 3.41. The monoisotopic (exact) mass is 345 g/mol. The van der Waals surface area contributed by atoms with Crippen LogP contribution in [0.5, 0.6) is 0 Å². The van der Waals surface area contributed by atoms with Crippen molar-refractivity contribution in [3.8, 4) is 10.8 Å². The molecular formula is C18H23N3O2S. The van der Waals surface area contributed by atoms with Gasteiger partial charge in [-0.15, -0.1) is 11.3 Å². The molecule has 2 aromatic heterocycles. The highest BCUT2D eigenvalue weighted by Gasteiger charge is 2.39. The molecule has 1 amide bonds. The first-order valence-electron chi connectivity index (χ1n) is 8.82. The molecule has 5 nitrogen and oxygen atoms in total. The minimum atomic E-state index is 0.135. The SMILES string of the molecule is CCN1CCC[C@H]1[C@H]1CCCN1C(=O)c1cnc(-c2ccco2)s1. The van der Waals surface area contributed by atoms with Crippen molar-refractivity contribution in [2.45, 2.75) is 44.7 Å². The molecule has 128 valence electrons. The summed E-state index contributed by atoms with van der Waals surface area (Å²) >= 11 is 1.43. The van der Waals surface area contributed by atoms with E-state index in [0.29, 0.717) is 17.0 Å². The van der Waals surface area contributed by atoms with E-state index in [1.165, 1.54) is 30.7 Å². The van der Waals surface area contributed by atoms with Gasteiger partial charge in [-0.1, -0.05) is 6.92 Å². The summed E-state index contributed by atoms with van der Waals surface area (Å²) < 4.78 is 5.39. The number of furan rings is 1. The highest BCUT2D eigenvalue weighted by atomic mass is 32.1. The number of likely N-dealkylation sites (tertiary alicyclic amines) is 2. The summed E-state index contributed by atoms with van der Waals surface area (Å²) in [6, 6.07) is 4.60. The van der Waals surface area contributed by atoms with E-state index in [-0.39, 0.29) is 5.91 Å². The third-order valence-electron chi connectivity index (χ3n) is 5.27. The van der Waals surface area contributed by atoms with Crippen LogP contribution in [0.2, 0.25) is 0 Å². The number of hydrogen-bond acceptors (Lipinski definition) is 5. The molecule has 24 heavy (non-hydrogen) atoms. The molecule has 2 aromatic rings. The van der Waals surface area contributed by atoms with Gasteiger partial charge >= 0.3 is 0 Å². The summed E-state index contributed by atoms with van der Waals surface area (Å²) in [6.07, 6.45) is 8.02. The second kappa shape index (κ2) is 6.69. The lowest BCUT2D eigenvalue weighted by Gasteiger charge is -2.34. The van der Waals surface area contributed by atoms with E-state index in [1.807, 2.05) is 12.1 Å². The normalized spacial score (nSPS) is 24.8. The molecule has 0 radical (unpaired) electrons. The van der Waals surface area contributed by atoms with Gasteiger partial charge in [-0.25, -0.2) is 4.98 Å². The molecule has 0 saturated carbocycles. The number of thiazole rings is 1. The Morgan fingerprint density at radius 2 is 2.17 bits per heavy atom. The van der Waals surface area contributed by atoms with Crippen LogP contribution in [0, 0.1) is 0 Å². The fourth-order valence-electron chi connectivity index (χ4n) is 4.15. The first-order chi connectivity index (χ1) is 11.8. The smallest absolute Gasteiger partial charge is 0.265 e. The zero-order chi connectivity index (χ0) is 16.5. The van der Waals surface area contributed by atoms with Gasteiger partial charge in [0.15, 0.2) is 10.8 Å². The Morgan fingerprint density at radius 3 is 2.96 bits per heavy atom. The second-order valence-electron chi connectivity index (χ2n) is 6.55. The second-order valence-corrected chi connectivity index (χ2v) is 7.58. The van der Waals surface area contributed by atoms with Crippen molar-refractivity contribution in [1.82, 2.24) is 14.8 Å². The van der Waals surface area contributed by atoms with Gasteiger partial charge in [-0.05, 0) is 50.9 Å². The minimum absolute atomic E-state index is 0.135. The van der Waals surface area contributed by atoms with Crippen LogP contribution in [0.15, 0.2) is 29.0 Å². The fraction of sp³-hybridized carbons (Fsp3) is 0.556. The highest BCUT2D eigenvalue weighted by Crippen LogP contribution is 2.33. The summed E-state index contributed by atoms with van der Waals surface area (Å²) in [5.74, 6) is 0.862. The first-order valence-corrected chi connectivity index (χ1v) is 9.64. The number of amides is 1. The topological polar surface area (TPSA) is 49.6 Å². The molecule has 2 saturated heterocycles. The van der Waals surface area contributed by atoms with Crippen molar-refractivity contribution in [2.75, 3.05) is 19.6 Å². The summed E-state index contributed by atoms with van der Waals surface area (Å²) in [5, 5.41) is 0.773. The Kier molecular flexibility index (Phi) is 4.41. The summed E-state index contributed by atoms with van der Waals surface area (Å²) in [4.78, 5) is 22.8. The molecule has 4 rings (SSSR count). The molecule has 6 heteroatoms. The van der Waals surface area contributed by atoms with Gasteiger partial charge in [0.2, 0.25) is 0 Å². The van der Waals surface area contributed by atoms with Crippen LogP contribution in [-0.2, 0) is 0 Å². The van der Waals surface area contributed by atoms with Gasteiger partial charge in [0.1, 0.15) is 4.88 Å². The number of rotatable bonds is 4. The van der Waals surface area contributed by atoms with Crippen molar-refractivity contribution in [3.63, 3.8) is 0 Å². The molecule has 2 fully saturated rings. The number of likely N-dealkylation sites (N-methyl/N-ethyl adjacent to an activating group) is 1. The predicted octanol–water partition coefficient (Wildman–Crippen LogP) is 3.49. The molecule has 4 heterocycles. The Morgan fingerprint density at radius 1 is 1.33 bits per heavy atom. The molecule has 0 unspecified atom stereocenters. The van der Waals surface area contributed by atoms with E-state index in [4.69, 9.17) is 4.42 Å². The zero-order valence-electron chi connectivity index (χ0n) is 14.0. The third kappa shape index (κ3) is 2.78. The largest absolute Gasteiger partial charge is 0.462 e. The summed E-state index contributed by atoms with van der Waals surface area (Å²) in [5.41, 5.74) is 0. The van der Waals surface area contributed by atoms with Gasteiger partial charge in [0.05, 0.1) is 12.5 Å². The van der Waals surface area contributed by atoms with Crippen molar-refractivity contribution in [3.05, 3.63) is 29.5 Å². The van der Waals surface area contributed by atoms with Crippen molar-refractivity contribution >= 4 is 17.2 Å². The van der Waals surface area contributed by atoms with Crippen LogP contribution in [0.25, 0.3) is 10.8 Å². The standard InChI is InChI=1S/C18H23N3O2S/c1-2-20-9-3-6-13(20)14-7-4-10-21(14)18(22)16-12-19-17(24-16)15-8-5-11-23-15/h5,8,11-14H,2-4,6-7,9-10H2,1H3/t13-,14+/m0/s1. The maximum atomic E-state index is 13.0. The predicted molar refractivity (Wildman–Crippen MR) is 94.1 cm³/mol. The third-order valence-corrected chi connectivity index (χ3v) is 6.27. The minimum Gasteiger partial charge on any atom is -0.462 e. The van der Waals surface area contributed by atoms with Crippen LogP contribution in [0.1, 0.15) is 42.3 Å². The van der Waals surface area contributed by atoms with E-state index in [0.717, 1.165) is 36.7 Å². The van der Waals surface area contributed by atoms with Crippen LogP contribution in [0.3, 0.4) is 0 Å². The van der Waals surface area contributed by atoms with E-state index >= 15 is 0 Å². The van der Waals surface area contributed by atoms with Crippen LogP contribution in [-0.4, -0.2) is 52.4 Å². The van der Waals surface area contributed by atoms with E-state index in [1.54, 1.807) is 12.5 Å². The maximum Gasteiger partial charge on any atom is 0.265 e. The number of carbonyl (C=O) groups excluding carboxylic acids is 1. The Labute approximate surface area is 146 Å². The molecular weight excluding hydrogens is 322 g/mol. The molecule has 2 atom stereocenters. The molecule has 0 aromatic carbocycles. The Hall–Kier alpha value is -1.66. The van der Waals surface area contributed by atoms with Gasteiger partial charge in [0.25, 0.3) is 5.91 Å². The molecule has 0 spiro atoms. The Balaban J connectivity index is 1.53. The first kappa shape index (κ1) is 15.8. The lowest BCUT2D eigenvalue weighted by Crippen LogP contribution is -2.48. The highest BCUT2D eigenvalue weighted by molar-refractivity contribution is 7.16. The van der Waals surface area contributed by atoms with Crippen LogP contribution in [0.4, 0.5) is 0 Å². The van der Waals surface area contributed by atoms with Crippen molar-refractivity contribution in [1.29, 1.82) is 0 Å². The van der Waals surface area contributed by atoms with Crippen molar-refractivity contribution in [2.24, 2.45) is 0 Å². The van der Waals surface area contributed by atoms with Gasteiger partial charge < -0.3 is 9.32 Å². The average molecular weight is 345 g/mol. The summed E-state index contributed by atoms with van der Waals surface area (Å²) in [7, 11) is 0. The number of hydrogen-bond donors (Lipinski definition) is 0. The fourth-order valence-corrected chi connectivity index (χ4v) is 4.99. The number of aromatic nitrogens is 1. The summed E-state index contributed by atoms with van der Waals surface area (Å²) in [6.45, 7) is 5.33. The van der Waals surface area contributed by atoms with Gasteiger partial charge in [-0.2, -0.15) is 0 Å². The van der Waals surface area contributed by atoms with Crippen LogP contribution >= 0.6 is 11.3 Å². The van der Waals surface area contributed by atoms with E-state index < -0.39 is 0 Å². The van der Waals surface area contributed by atoms with E-state index in [9.17, 15) is 4.79 Å². The number of carbonyl (C=O) groups is 1. The molecule has 0 bridgehead atoms. The van der Waals surface area contributed by atoms with E-state index in [2.05, 4.69) is 21.7 Å². The molecule has 2 aliphatic heterocycles. The molecule has 2 aliphatic rings. The maximum absolute atomic E-state index is 13.0. The van der Waals surface area contributed by atoms with Crippen LogP contribution < -0.4 is 0 Å². The number of nitrogens with zero attached hydrogens (tertiary/aromatic N) is 3. The Bertz CT molecular complexity index is 697. The molecule has 0 aliphatic carbocycles. The lowest BCUT2D eigenvalue weighted by molar-refractivity contribution is 0.0654. The van der Waals surface area contributed by atoms with Gasteiger partial charge in [0, 0.05) is 18.6 Å².